The number of Topliss-reactive ketones (excluding diaryl/α,β-unsaturated/α-hetero) is 1. The van der Waals surface area contributed by atoms with Gasteiger partial charge in [0.1, 0.15) is 6.42 Å². The fourth-order valence-electron chi connectivity index (χ4n) is 2.36. The van der Waals surface area contributed by atoms with E-state index in [1.807, 2.05) is 12.1 Å². The lowest BCUT2D eigenvalue weighted by Crippen LogP contribution is -2.49. The average Bonchev–Trinajstić information content (AvgIpc) is 2.47. The molecule has 2 rings (SSSR count). The largest absolute Gasteiger partial charge is 0.481 e. The Morgan fingerprint density at radius 2 is 1.62 bits per heavy atom. The standard InChI is InChI=1S/C15H18N2O4/c1-11(18)12-2-4-13(5-3-12)16-6-8-17(9-7-16)14(19)10-15(20)21/h2-5H,6-10H2,1H3,(H,20,21). The zero-order chi connectivity index (χ0) is 15.4. The van der Waals surface area contributed by atoms with Crippen molar-refractivity contribution in [3.05, 3.63) is 29.8 Å². The Bertz CT molecular complexity index is 545. The molecule has 1 aromatic carbocycles. The first-order chi connectivity index (χ1) is 9.97. The maximum absolute atomic E-state index is 11.7. The Labute approximate surface area is 123 Å². The summed E-state index contributed by atoms with van der Waals surface area (Å²) in [4.78, 5) is 37.1. The van der Waals surface area contributed by atoms with Crippen LogP contribution in [0.2, 0.25) is 0 Å². The van der Waals surface area contributed by atoms with Gasteiger partial charge in [-0.05, 0) is 31.2 Å². The number of hydrogen-bond acceptors (Lipinski definition) is 4. The number of carbonyl (C=O) groups is 3. The number of aliphatic carboxylic acids is 1. The third kappa shape index (κ3) is 3.81. The normalized spacial score (nSPS) is 14.9. The molecule has 6 nitrogen and oxygen atoms in total. The van der Waals surface area contributed by atoms with Crippen molar-refractivity contribution < 1.29 is 19.5 Å². The fraction of sp³-hybridized carbons (Fsp3) is 0.400. The van der Waals surface area contributed by atoms with E-state index in [2.05, 4.69) is 4.90 Å². The Morgan fingerprint density at radius 3 is 2.10 bits per heavy atom. The number of nitrogens with zero attached hydrogens (tertiary/aromatic N) is 2. The van der Waals surface area contributed by atoms with Crippen molar-refractivity contribution in [1.29, 1.82) is 0 Å². The molecule has 0 atom stereocenters. The van der Waals surface area contributed by atoms with Crippen molar-refractivity contribution in [3.8, 4) is 0 Å². The van der Waals surface area contributed by atoms with Crippen LogP contribution in [0.5, 0.6) is 0 Å². The number of anilines is 1. The van der Waals surface area contributed by atoms with Gasteiger partial charge in [0.25, 0.3) is 0 Å². The van der Waals surface area contributed by atoms with Crippen LogP contribution >= 0.6 is 0 Å². The Balaban J connectivity index is 1.93. The van der Waals surface area contributed by atoms with Gasteiger partial charge in [0.05, 0.1) is 0 Å². The third-order valence-electron chi connectivity index (χ3n) is 3.57. The minimum absolute atomic E-state index is 0.0330. The lowest BCUT2D eigenvalue weighted by atomic mass is 10.1. The van der Waals surface area contributed by atoms with Crippen LogP contribution in [-0.2, 0) is 9.59 Å². The maximum atomic E-state index is 11.7. The average molecular weight is 290 g/mol. The molecule has 0 spiro atoms. The zero-order valence-corrected chi connectivity index (χ0v) is 11.9. The van der Waals surface area contributed by atoms with E-state index in [0.717, 1.165) is 5.69 Å². The third-order valence-corrected chi connectivity index (χ3v) is 3.57. The molecule has 21 heavy (non-hydrogen) atoms. The van der Waals surface area contributed by atoms with Crippen LogP contribution in [0.25, 0.3) is 0 Å². The van der Waals surface area contributed by atoms with Gasteiger partial charge < -0.3 is 14.9 Å². The summed E-state index contributed by atoms with van der Waals surface area (Å²) in [6.07, 6.45) is -0.451. The molecule has 0 radical (unpaired) electrons. The van der Waals surface area contributed by atoms with Crippen LogP contribution in [0.3, 0.4) is 0 Å². The quantitative estimate of drug-likeness (QED) is 0.661. The summed E-state index contributed by atoms with van der Waals surface area (Å²) in [5.74, 6) is -1.40. The number of carboxylic acids is 1. The van der Waals surface area contributed by atoms with Crippen LogP contribution in [-0.4, -0.2) is 53.8 Å². The number of rotatable bonds is 4. The number of carbonyl (C=O) groups excluding carboxylic acids is 2. The van der Waals surface area contributed by atoms with Crippen LogP contribution in [0, 0.1) is 0 Å². The molecule has 1 N–H and O–H groups in total. The van der Waals surface area contributed by atoms with Gasteiger partial charge in [-0.2, -0.15) is 0 Å². The molecular formula is C15H18N2O4. The van der Waals surface area contributed by atoms with Gasteiger partial charge in [-0.25, -0.2) is 0 Å². The maximum Gasteiger partial charge on any atom is 0.312 e. The molecule has 0 aliphatic carbocycles. The molecular weight excluding hydrogens is 272 g/mol. The number of amides is 1. The highest BCUT2D eigenvalue weighted by Gasteiger charge is 2.22. The Hall–Kier alpha value is -2.37. The van der Waals surface area contributed by atoms with Crippen LogP contribution in [0.15, 0.2) is 24.3 Å². The van der Waals surface area contributed by atoms with E-state index in [0.29, 0.717) is 31.7 Å². The smallest absolute Gasteiger partial charge is 0.312 e. The molecule has 0 unspecified atom stereocenters. The lowest BCUT2D eigenvalue weighted by Gasteiger charge is -2.36. The van der Waals surface area contributed by atoms with E-state index >= 15 is 0 Å². The van der Waals surface area contributed by atoms with E-state index in [1.165, 1.54) is 6.92 Å². The van der Waals surface area contributed by atoms with Gasteiger partial charge in [0.2, 0.25) is 5.91 Å². The monoisotopic (exact) mass is 290 g/mol. The molecule has 1 fully saturated rings. The number of ketones is 1. The van der Waals surface area contributed by atoms with Gasteiger partial charge >= 0.3 is 5.97 Å². The first-order valence-electron chi connectivity index (χ1n) is 6.83. The van der Waals surface area contributed by atoms with Crippen molar-refractivity contribution in [1.82, 2.24) is 4.90 Å². The van der Waals surface area contributed by atoms with Crippen LogP contribution in [0.1, 0.15) is 23.7 Å². The van der Waals surface area contributed by atoms with Crippen molar-refractivity contribution in [2.45, 2.75) is 13.3 Å². The molecule has 1 aromatic rings. The molecule has 0 saturated carbocycles. The van der Waals surface area contributed by atoms with Crippen molar-refractivity contribution >= 4 is 23.3 Å². The van der Waals surface area contributed by atoms with Gasteiger partial charge in [-0.15, -0.1) is 0 Å². The molecule has 1 amide bonds. The Morgan fingerprint density at radius 1 is 1.05 bits per heavy atom. The minimum atomic E-state index is -1.10. The first kappa shape index (κ1) is 15.0. The molecule has 0 aromatic heterocycles. The van der Waals surface area contributed by atoms with E-state index in [1.54, 1.807) is 17.0 Å². The van der Waals surface area contributed by atoms with Crippen LogP contribution < -0.4 is 4.90 Å². The highest BCUT2D eigenvalue weighted by atomic mass is 16.4. The SMILES string of the molecule is CC(=O)c1ccc(N2CCN(C(=O)CC(=O)O)CC2)cc1. The first-order valence-corrected chi connectivity index (χ1v) is 6.83. The van der Waals surface area contributed by atoms with Crippen LogP contribution in [0.4, 0.5) is 5.69 Å². The molecule has 1 aliphatic heterocycles. The van der Waals surface area contributed by atoms with Gasteiger partial charge in [0.15, 0.2) is 5.78 Å². The Kier molecular flexibility index (Phi) is 4.57. The summed E-state index contributed by atoms with van der Waals surface area (Å²) in [6.45, 7) is 3.87. The summed E-state index contributed by atoms with van der Waals surface area (Å²) in [5.41, 5.74) is 1.68. The minimum Gasteiger partial charge on any atom is -0.481 e. The van der Waals surface area contributed by atoms with Crippen molar-refractivity contribution in [3.63, 3.8) is 0 Å². The predicted molar refractivity (Wildman–Crippen MR) is 77.5 cm³/mol. The molecule has 1 aliphatic rings. The second-order valence-electron chi connectivity index (χ2n) is 5.04. The summed E-state index contributed by atoms with van der Waals surface area (Å²) >= 11 is 0. The highest BCUT2D eigenvalue weighted by molar-refractivity contribution is 5.94. The second-order valence-corrected chi connectivity index (χ2v) is 5.04. The highest BCUT2D eigenvalue weighted by Crippen LogP contribution is 2.18. The molecule has 6 heteroatoms. The molecule has 1 saturated heterocycles. The summed E-state index contributed by atoms with van der Waals surface area (Å²) in [7, 11) is 0. The predicted octanol–water partition coefficient (Wildman–Crippen LogP) is 1.01. The van der Waals surface area contributed by atoms with Crippen molar-refractivity contribution in [2.75, 3.05) is 31.1 Å². The van der Waals surface area contributed by atoms with E-state index < -0.39 is 12.4 Å². The summed E-state index contributed by atoms with van der Waals surface area (Å²) < 4.78 is 0. The summed E-state index contributed by atoms with van der Waals surface area (Å²) in [6, 6.07) is 7.37. The number of carboxylic acid groups (broad SMARTS) is 1. The van der Waals surface area contributed by atoms with E-state index in [-0.39, 0.29) is 11.7 Å². The van der Waals surface area contributed by atoms with Gasteiger partial charge in [-0.3, -0.25) is 14.4 Å². The zero-order valence-electron chi connectivity index (χ0n) is 11.9. The summed E-state index contributed by atoms with van der Waals surface area (Å²) in [5, 5.41) is 8.63. The number of hydrogen-bond donors (Lipinski definition) is 1. The second kappa shape index (κ2) is 6.39. The van der Waals surface area contributed by atoms with E-state index in [4.69, 9.17) is 5.11 Å². The topological polar surface area (TPSA) is 77.9 Å². The fourth-order valence-corrected chi connectivity index (χ4v) is 2.36. The van der Waals surface area contributed by atoms with Gasteiger partial charge in [0, 0.05) is 37.4 Å². The van der Waals surface area contributed by atoms with E-state index in [9.17, 15) is 14.4 Å². The van der Waals surface area contributed by atoms with Gasteiger partial charge in [-0.1, -0.05) is 0 Å². The lowest BCUT2D eigenvalue weighted by molar-refractivity contribution is -0.144. The molecule has 0 bridgehead atoms. The number of benzene rings is 1. The van der Waals surface area contributed by atoms with Crippen molar-refractivity contribution in [2.24, 2.45) is 0 Å². The molecule has 112 valence electrons. The number of piperazine rings is 1. The molecule has 1 heterocycles.